The maximum atomic E-state index is 13.2. The summed E-state index contributed by atoms with van der Waals surface area (Å²) < 4.78 is 2.11. The van der Waals surface area contributed by atoms with Gasteiger partial charge in [-0.2, -0.15) is 0 Å². The van der Waals surface area contributed by atoms with E-state index in [2.05, 4.69) is 41.1 Å². The number of thiocarbonyl (C=S) groups is 1. The Bertz CT molecular complexity index is 1260. The Hall–Kier alpha value is -3.22. The molecule has 1 aliphatic heterocycles. The molecule has 2 amide bonds. The smallest absolute Gasteiger partial charge is 0.270 e. The van der Waals surface area contributed by atoms with Gasteiger partial charge in [0, 0.05) is 22.1 Å². The quantitative estimate of drug-likeness (QED) is 0.331. The van der Waals surface area contributed by atoms with Crippen LogP contribution in [-0.2, 0) is 16.0 Å². The number of amides is 2. The number of aromatic nitrogens is 1. The Labute approximate surface area is 197 Å². The van der Waals surface area contributed by atoms with Crippen LogP contribution in [0.3, 0.4) is 0 Å². The standard InChI is InChI=1S/C25H22ClN3O2S/c1-4-17-5-9-20(10-6-17)28-15(2)13-18(16(28)3)14-22-23(30)27-25(32)29(24(22)31)21-11-7-19(26)8-12-21/h5-14H,4H2,1-3H3,(H,27,30,32)/b22-14+. The number of hydrogen-bond donors (Lipinski definition) is 1. The molecule has 1 fully saturated rings. The molecule has 1 aromatic heterocycles. The van der Waals surface area contributed by atoms with E-state index in [0.29, 0.717) is 10.7 Å². The third-order valence-electron chi connectivity index (χ3n) is 5.56. The lowest BCUT2D eigenvalue weighted by Gasteiger charge is -2.28. The molecule has 0 aliphatic carbocycles. The van der Waals surface area contributed by atoms with E-state index in [0.717, 1.165) is 29.1 Å². The average Bonchev–Trinajstić information content (AvgIpc) is 3.05. The van der Waals surface area contributed by atoms with Gasteiger partial charge in [-0.3, -0.25) is 19.8 Å². The highest BCUT2D eigenvalue weighted by Crippen LogP contribution is 2.27. The Morgan fingerprint density at radius 1 is 1.00 bits per heavy atom. The van der Waals surface area contributed by atoms with E-state index in [9.17, 15) is 9.59 Å². The molecule has 0 unspecified atom stereocenters. The van der Waals surface area contributed by atoms with Gasteiger partial charge in [-0.05, 0) is 92.2 Å². The number of rotatable bonds is 4. The van der Waals surface area contributed by atoms with Gasteiger partial charge in [-0.25, -0.2) is 0 Å². The molecule has 2 heterocycles. The lowest BCUT2D eigenvalue weighted by atomic mass is 10.1. The van der Waals surface area contributed by atoms with Crippen molar-refractivity contribution >= 4 is 52.5 Å². The summed E-state index contributed by atoms with van der Waals surface area (Å²) in [5.41, 5.74) is 5.60. The second kappa shape index (κ2) is 8.73. The van der Waals surface area contributed by atoms with E-state index in [-0.39, 0.29) is 10.7 Å². The molecule has 1 saturated heterocycles. The second-order valence-corrected chi connectivity index (χ2v) is 8.44. The van der Waals surface area contributed by atoms with Crippen molar-refractivity contribution < 1.29 is 9.59 Å². The van der Waals surface area contributed by atoms with E-state index < -0.39 is 11.8 Å². The molecule has 1 N–H and O–H groups in total. The Morgan fingerprint density at radius 3 is 2.25 bits per heavy atom. The summed E-state index contributed by atoms with van der Waals surface area (Å²) in [6, 6.07) is 17.1. The van der Waals surface area contributed by atoms with Crippen LogP contribution in [-0.4, -0.2) is 21.5 Å². The van der Waals surface area contributed by atoms with Crippen molar-refractivity contribution in [1.29, 1.82) is 0 Å². The first-order chi connectivity index (χ1) is 15.3. The van der Waals surface area contributed by atoms with Crippen molar-refractivity contribution in [2.24, 2.45) is 0 Å². The van der Waals surface area contributed by atoms with Crippen LogP contribution in [0, 0.1) is 13.8 Å². The van der Waals surface area contributed by atoms with Gasteiger partial charge in [0.25, 0.3) is 11.8 Å². The van der Waals surface area contributed by atoms with Gasteiger partial charge in [0.15, 0.2) is 5.11 Å². The minimum Gasteiger partial charge on any atom is -0.318 e. The zero-order valence-corrected chi connectivity index (χ0v) is 19.6. The first-order valence-corrected chi connectivity index (χ1v) is 11.0. The maximum absolute atomic E-state index is 13.2. The number of aryl methyl sites for hydroxylation is 2. The van der Waals surface area contributed by atoms with Crippen LogP contribution >= 0.6 is 23.8 Å². The molecule has 162 valence electrons. The van der Waals surface area contributed by atoms with Gasteiger partial charge in [0.1, 0.15) is 5.57 Å². The summed E-state index contributed by atoms with van der Waals surface area (Å²) in [5, 5.41) is 3.21. The zero-order valence-electron chi connectivity index (χ0n) is 18.0. The number of nitrogens with one attached hydrogen (secondary N) is 1. The number of benzene rings is 2. The predicted octanol–water partition coefficient (Wildman–Crippen LogP) is 5.14. The summed E-state index contributed by atoms with van der Waals surface area (Å²) in [5.74, 6) is -0.986. The van der Waals surface area contributed by atoms with Gasteiger partial charge in [-0.1, -0.05) is 30.7 Å². The van der Waals surface area contributed by atoms with E-state index in [1.165, 1.54) is 10.5 Å². The fourth-order valence-electron chi connectivity index (χ4n) is 3.85. The summed E-state index contributed by atoms with van der Waals surface area (Å²) in [6.07, 6.45) is 2.60. The third-order valence-corrected chi connectivity index (χ3v) is 6.10. The van der Waals surface area contributed by atoms with Gasteiger partial charge in [0.2, 0.25) is 0 Å². The van der Waals surface area contributed by atoms with Crippen molar-refractivity contribution in [1.82, 2.24) is 9.88 Å². The van der Waals surface area contributed by atoms with Crippen LogP contribution in [0.2, 0.25) is 5.02 Å². The minimum atomic E-state index is -0.512. The largest absolute Gasteiger partial charge is 0.318 e. The van der Waals surface area contributed by atoms with Crippen molar-refractivity contribution in [3.05, 3.63) is 87.7 Å². The molecule has 0 atom stereocenters. The van der Waals surface area contributed by atoms with Crippen molar-refractivity contribution in [2.75, 3.05) is 4.90 Å². The Morgan fingerprint density at radius 2 is 1.62 bits per heavy atom. The van der Waals surface area contributed by atoms with E-state index in [1.807, 2.05) is 19.9 Å². The molecule has 0 radical (unpaired) electrons. The molecule has 1 aliphatic rings. The number of anilines is 1. The maximum Gasteiger partial charge on any atom is 0.270 e. The van der Waals surface area contributed by atoms with Crippen molar-refractivity contribution in [3.8, 4) is 5.69 Å². The van der Waals surface area contributed by atoms with Crippen molar-refractivity contribution in [2.45, 2.75) is 27.2 Å². The SMILES string of the molecule is CCc1ccc(-n2c(C)cc(/C=C3\C(=O)NC(=S)N(c4ccc(Cl)cc4)C3=O)c2C)cc1. The zero-order chi connectivity index (χ0) is 23.0. The highest BCUT2D eigenvalue weighted by molar-refractivity contribution is 7.80. The summed E-state index contributed by atoms with van der Waals surface area (Å²) in [7, 11) is 0. The molecule has 4 rings (SSSR count). The average molecular weight is 464 g/mol. The summed E-state index contributed by atoms with van der Waals surface area (Å²) in [6.45, 7) is 6.09. The molecular formula is C25H22ClN3O2S. The second-order valence-electron chi connectivity index (χ2n) is 7.62. The number of nitrogens with zero attached hydrogens (tertiary/aromatic N) is 2. The monoisotopic (exact) mass is 463 g/mol. The summed E-state index contributed by atoms with van der Waals surface area (Å²) in [4.78, 5) is 27.2. The van der Waals surface area contributed by atoms with Gasteiger partial charge >= 0.3 is 0 Å². The third kappa shape index (κ3) is 3.99. The molecule has 32 heavy (non-hydrogen) atoms. The highest BCUT2D eigenvalue weighted by Gasteiger charge is 2.34. The minimum absolute atomic E-state index is 0.0233. The fourth-order valence-corrected chi connectivity index (χ4v) is 4.26. The first-order valence-electron chi connectivity index (χ1n) is 10.3. The van der Waals surface area contributed by atoms with Crippen molar-refractivity contribution in [3.63, 3.8) is 0 Å². The van der Waals surface area contributed by atoms with Crippen LogP contribution < -0.4 is 10.2 Å². The molecule has 0 bridgehead atoms. The molecule has 5 nitrogen and oxygen atoms in total. The van der Waals surface area contributed by atoms with Crippen LogP contribution in [0.5, 0.6) is 0 Å². The van der Waals surface area contributed by atoms with E-state index in [1.54, 1.807) is 30.3 Å². The Kier molecular flexibility index (Phi) is 6.00. The molecule has 0 saturated carbocycles. The van der Waals surface area contributed by atoms with Crippen LogP contribution in [0.1, 0.15) is 29.4 Å². The van der Waals surface area contributed by atoms with E-state index in [4.69, 9.17) is 23.8 Å². The fraction of sp³-hybridized carbons (Fsp3) is 0.160. The lowest BCUT2D eigenvalue weighted by molar-refractivity contribution is -0.122. The first kappa shape index (κ1) is 22.0. The normalized spacial score (nSPS) is 15.4. The van der Waals surface area contributed by atoms with Gasteiger partial charge in [0.05, 0.1) is 5.69 Å². The van der Waals surface area contributed by atoms with Crippen LogP contribution in [0.4, 0.5) is 5.69 Å². The molecular weight excluding hydrogens is 442 g/mol. The van der Waals surface area contributed by atoms with E-state index >= 15 is 0 Å². The predicted molar refractivity (Wildman–Crippen MR) is 132 cm³/mol. The number of carbonyl (C=O) groups is 2. The molecule has 7 heteroatoms. The van der Waals surface area contributed by atoms with Crippen LogP contribution in [0.15, 0.2) is 60.2 Å². The van der Waals surface area contributed by atoms with Gasteiger partial charge < -0.3 is 4.57 Å². The Balaban J connectivity index is 1.73. The molecule has 2 aromatic carbocycles. The topological polar surface area (TPSA) is 54.3 Å². The number of carbonyl (C=O) groups excluding carboxylic acids is 2. The van der Waals surface area contributed by atoms with Gasteiger partial charge in [-0.15, -0.1) is 0 Å². The lowest BCUT2D eigenvalue weighted by Crippen LogP contribution is -2.54. The number of halogens is 1. The summed E-state index contributed by atoms with van der Waals surface area (Å²) >= 11 is 11.2. The highest BCUT2D eigenvalue weighted by atomic mass is 35.5. The van der Waals surface area contributed by atoms with Crippen LogP contribution in [0.25, 0.3) is 11.8 Å². The molecule has 0 spiro atoms. The number of hydrogen-bond acceptors (Lipinski definition) is 3. The molecule has 3 aromatic rings.